The maximum absolute atomic E-state index is 13.8. The Kier molecular flexibility index (Phi) is 9.27. The Morgan fingerprint density at radius 2 is 1.46 bits per heavy atom. The van der Waals surface area contributed by atoms with E-state index in [1.807, 2.05) is 78.9 Å². The summed E-state index contributed by atoms with van der Waals surface area (Å²) in [5.74, 6) is -0.113. The molecule has 210 valence electrons. The Balaban J connectivity index is 1.42. The van der Waals surface area contributed by atoms with Crippen LogP contribution in [-0.2, 0) is 40.2 Å². The molecule has 0 saturated carbocycles. The number of esters is 1. The number of fused-ring (bicyclic) bond motifs is 1. The minimum absolute atomic E-state index is 0.0660. The maximum Gasteiger partial charge on any atom is 0.323 e. The first-order valence-corrected chi connectivity index (χ1v) is 14.4. The van der Waals surface area contributed by atoms with Crippen LogP contribution in [0.15, 0.2) is 109 Å². The molecule has 5 heteroatoms. The highest BCUT2D eigenvalue weighted by atomic mass is 16.5. The van der Waals surface area contributed by atoms with Gasteiger partial charge in [0.05, 0.1) is 6.04 Å². The fourth-order valence-corrected chi connectivity index (χ4v) is 5.49. The van der Waals surface area contributed by atoms with E-state index in [4.69, 9.17) is 4.74 Å². The molecule has 4 aromatic rings. The van der Waals surface area contributed by atoms with E-state index in [1.54, 1.807) is 0 Å². The Labute approximate surface area is 243 Å². The molecule has 3 atom stereocenters. The first-order chi connectivity index (χ1) is 20.0. The second kappa shape index (κ2) is 13.4. The fourth-order valence-electron chi connectivity index (χ4n) is 5.49. The summed E-state index contributed by atoms with van der Waals surface area (Å²) in [7, 11) is 0. The summed E-state index contributed by atoms with van der Waals surface area (Å²) in [6, 6.07) is 34.9. The highest BCUT2D eigenvalue weighted by molar-refractivity contribution is 5.97. The number of carbonyl (C=O) groups is 2. The second-order valence-corrected chi connectivity index (χ2v) is 11.2. The minimum atomic E-state index is -0.691. The number of anilines is 1. The van der Waals surface area contributed by atoms with Gasteiger partial charge in [0.15, 0.2) is 0 Å². The molecule has 1 aliphatic heterocycles. The highest BCUT2D eigenvalue weighted by Crippen LogP contribution is 2.29. The van der Waals surface area contributed by atoms with Gasteiger partial charge in [0, 0.05) is 5.69 Å². The summed E-state index contributed by atoms with van der Waals surface area (Å²) in [4.78, 5) is 27.3. The monoisotopic (exact) mass is 546 g/mol. The maximum atomic E-state index is 13.8. The number of rotatable bonds is 10. The predicted octanol–water partition coefficient (Wildman–Crippen LogP) is 6.48. The van der Waals surface area contributed by atoms with Crippen LogP contribution in [0.2, 0.25) is 0 Å². The van der Waals surface area contributed by atoms with Gasteiger partial charge in [-0.3, -0.25) is 14.9 Å². The van der Waals surface area contributed by atoms with Crippen molar-refractivity contribution < 1.29 is 14.3 Å². The lowest BCUT2D eigenvalue weighted by molar-refractivity contribution is -0.148. The lowest BCUT2D eigenvalue weighted by atomic mass is 9.85. The van der Waals surface area contributed by atoms with E-state index in [1.165, 1.54) is 11.1 Å². The number of hydrogen-bond acceptors (Lipinski definition) is 4. The molecule has 1 amide bonds. The van der Waals surface area contributed by atoms with Crippen LogP contribution in [0.3, 0.4) is 0 Å². The average molecular weight is 547 g/mol. The largest absolute Gasteiger partial charge is 0.460 e. The minimum Gasteiger partial charge on any atom is -0.460 e. The van der Waals surface area contributed by atoms with Gasteiger partial charge in [-0.05, 0) is 65.0 Å². The molecule has 5 nitrogen and oxygen atoms in total. The Morgan fingerprint density at radius 1 is 0.829 bits per heavy atom. The number of ether oxygens (including phenoxy) is 1. The van der Waals surface area contributed by atoms with Gasteiger partial charge in [0.1, 0.15) is 12.6 Å². The second-order valence-electron chi connectivity index (χ2n) is 11.2. The molecule has 1 aliphatic rings. The summed E-state index contributed by atoms with van der Waals surface area (Å²) in [5, 5.41) is 6.60. The molecular weight excluding hydrogens is 508 g/mol. The zero-order valence-corrected chi connectivity index (χ0v) is 23.8. The van der Waals surface area contributed by atoms with Crippen LogP contribution in [-0.4, -0.2) is 24.0 Å². The van der Waals surface area contributed by atoms with Gasteiger partial charge in [-0.2, -0.15) is 0 Å². The van der Waals surface area contributed by atoms with Gasteiger partial charge < -0.3 is 10.1 Å². The van der Waals surface area contributed by atoms with E-state index < -0.39 is 12.1 Å². The van der Waals surface area contributed by atoms with Crippen LogP contribution in [0.25, 0.3) is 0 Å². The molecule has 0 radical (unpaired) electrons. The van der Waals surface area contributed by atoms with E-state index in [9.17, 15) is 9.59 Å². The Morgan fingerprint density at radius 3 is 2.15 bits per heavy atom. The number of hydrogen-bond donors (Lipinski definition) is 2. The molecule has 0 bridgehead atoms. The van der Waals surface area contributed by atoms with Gasteiger partial charge in [0.2, 0.25) is 5.91 Å². The van der Waals surface area contributed by atoms with Crippen LogP contribution >= 0.6 is 0 Å². The standard InChI is InChI=1S/C36H38N2O3/c1-25(2)29-19-17-27(18-20-29)21-31-23-30-15-9-10-16-32(30)38-35(39)34(31)37-33(22-26-11-5-3-6-12-26)36(40)41-24-28-13-7-4-8-14-28/h3-20,25,31,33-34,37H,21-24H2,1-2H3,(H,38,39)/t31?,33-,34+/m0/s1. The lowest BCUT2D eigenvalue weighted by Gasteiger charge is -2.29. The third-order valence-electron chi connectivity index (χ3n) is 7.83. The molecule has 0 spiro atoms. The third kappa shape index (κ3) is 7.50. The number of amides is 1. The zero-order valence-electron chi connectivity index (χ0n) is 23.8. The first-order valence-electron chi connectivity index (χ1n) is 14.4. The highest BCUT2D eigenvalue weighted by Gasteiger charge is 2.36. The molecule has 0 fully saturated rings. The van der Waals surface area contributed by atoms with Crippen molar-refractivity contribution in [3.63, 3.8) is 0 Å². The molecular formula is C36H38N2O3. The summed E-state index contributed by atoms with van der Waals surface area (Å²) in [6.07, 6.45) is 1.82. The van der Waals surface area contributed by atoms with Crippen LogP contribution in [0, 0.1) is 5.92 Å². The summed E-state index contributed by atoms with van der Waals surface area (Å²) >= 11 is 0. The van der Waals surface area contributed by atoms with Gasteiger partial charge >= 0.3 is 5.97 Å². The van der Waals surface area contributed by atoms with Gasteiger partial charge in [-0.1, -0.05) is 117 Å². The Bertz CT molecular complexity index is 1430. The first kappa shape index (κ1) is 28.3. The fraction of sp³-hybridized carbons (Fsp3) is 0.278. The van der Waals surface area contributed by atoms with Crippen LogP contribution in [0.4, 0.5) is 5.69 Å². The Hall–Kier alpha value is -4.22. The molecule has 41 heavy (non-hydrogen) atoms. The average Bonchev–Trinajstić information content (AvgIpc) is 3.12. The molecule has 0 aliphatic carbocycles. The van der Waals surface area contributed by atoms with Gasteiger partial charge in [-0.15, -0.1) is 0 Å². The number of carbonyl (C=O) groups excluding carboxylic acids is 2. The molecule has 0 aromatic heterocycles. The molecule has 4 aromatic carbocycles. The smallest absolute Gasteiger partial charge is 0.323 e. The van der Waals surface area contributed by atoms with E-state index >= 15 is 0 Å². The third-order valence-corrected chi connectivity index (χ3v) is 7.83. The molecule has 1 unspecified atom stereocenters. The van der Waals surface area contributed by atoms with Crippen molar-refractivity contribution >= 4 is 17.6 Å². The van der Waals surface area contributed by atoms with Crippen molar-refractivity contribution in [1.29, 1.82) is 0 Å². The molecule has 2 N–H and O–H groups in total. The summed E-state index contributed by atoms with van der Waals surface area (Å²) in [6.45, 7) is 4.55. The van der Waals surface area contributed by atoms with Crippen molar-refractivity contribution in [1.82, 2.24) is 5.32 Å². The van der Waals surface area contributed by atoms with Crippen LogP contribution in [0.5, 0.6) is 0 Å². The number of nitrogens with one attached hydrogen (secondary N) is 2. The van der Waals surface area contributed by atoms with Crippen LogP contribution < -0.4 is 10.6 Å². The van der Waals surface area contributed by atoms with Crippen molar-refractivity contribution in [3.05, 3.63) is 137 Å². The van der Waals surface area contributed by atoms with Crippen LogP contribution in [0.1, 0.15) is 47.6 Å². The van der Waals surface area contributed by atoms with E-state index in [0.29, 0.717) is 25.2 Å². The lowest BCUT2D eigenvalue weighted by Crippen LogP contribution is -2.53. The zero-order chi connectivity index (χ0) is 28.6. The molecule has 5 rings (SSSR count). The summed E-state index contributed by atoms with van der Waals surface area (Å²) < 4.78 is 5.79. The van der Waals surface area contributed by atoms with E-state index in [2.05, 4.69) is 54.8 Å². The quantitative estimate of drug-likeness (QED) is 0.224. The molecule has 1 heterocycles. The van der Waals surface area contributed by atoms with E-state index in [0.717, 1.165) is 22.4 Å². The van der Waals surface area contributed by atoms with Crippen molar-refractivity contribution in [2.75, 3.05) is 5.32 Å². The normalized spacial score (nSPS) is 17.3. The van der Waals surface area contributed by atoms with Crippen molar-refractivity contribution in [2.45, 2.75) is 57.7 Å². The van der Waals surface area contributed by atoms with Gasteiger partial charge in [-0.25, -0.2) is 0 Å². The molecule has 0 saturated heterocycles. The van der Waals surface area contributed by atoms with Crippen molar-refractivity contribution in [2.24, 2.45) is 5.92 Å². The SMILES string of the molecule is CC(C)c1ccc(CC2Cc3ccccc3NC(=O)[C@@H]2N[C@@H](Cc2ccccc2)C(=O)OCc2ccccc2)cc1. The van der Waals surface area contributed by atoms with Crippen molar-refractivity contribution in [3.8, 4) is 0 Å². The number of benzene rings is 4. The van der Waals surface area contributed by atoms with Gasteiger partial charge in [0.25, 0.3) is 0 Å². The summed E-state index contributed by atoms with van der Waals surface area (Å²) in [5.41, 5.74) is 6.30. The predicted molar refractivity (Wildman–Crippen MR) is 164 cm³/mol. The van der Waals surface area contributed by atoms with E-state index in [-0.39, 0.29) is 24.4 Å². The number of para-hydroxylation sites is 1. The topological polar surface area (TPSA) is 67.4 Å².